The lowest BCUT2D eigenvalue weighted by Crippen LogP contribution is -1.98. The van der Waals surface area contributed by atoms with Crippen LogP contribution in [0.15, 0.2) is 47.5 Å². The van der Waals surface area contributed by atoms with Gasteiger partial charge >= 0.3 is 0 Å². The highest BCUT2D eigenvalue weighted by Gasteiger charge is 2.06. The number of fused-ring (bicyclic) bond motifs is 1. The molecular weight excluding hydrogens is 306 g/mol. The Hall–Kier alpha value is -2.39. The molecule has 0 atom stereocenters. The lowest BCUT2D eigenvalue weighted by molar-refractivity contribution is 1.10. The number of rotatable bonds is 2. The molecule has 1 N–H and O–H groups in total. The van der Waals surface area contributed by atoms with Gasteiger partial charge in [0.05, 0.1) is 11.6 Å². The number of anilines is 2. The molecule has 0 fully saturated rings. The summed E-state index contributed by atoms with van der Waals surface area (Å²) < 4.78 is 2.57. The van der Waals surface area contributed by atoms with Crippen molar-refractivity contribution in [3.8, 4) is 6.07 Å². The largest absolute Gasteiger partial charge is 0.337 e. The molecule has 3 rings (SSSR count). The van der Waals surface area contributed by atoms with Crippen LogP contribution in [0.3, 0.4) is 0 Å². The Morgan fingerprint density at radius 1 is 1.37 bits per heavy atom. The predicted octanol–water partition coefficient (Wildman–Crippen LogP) is 3.11. The van der Waals surface area contributed by atoms with E-state index in [2.05, 4.69) is 37.3 Å². The summed E-state index contributed by atoms with van der Waals surface area (Å²) >= 11 is 3.36. The summed E-state index contributed by atoms with van der Waals surface area (Å²) in [7, 11) is 0. The van der Waals surface area contributed by atoms with Crippen molar-refractivity contribution in [2.75, 3.05) is 5.32 Å². The van der Waals surface area contributed by atoms with Crippen LogP contribution in [0.5, 0.6) is 0 Å². The SMILES string of the molecule is N#Cc1cccc(Nc2nc(Br)cn3ccnc23)c1. The molecule has 0 saturated heterocycles. The lowest BCUT2D eigenvalue weighted by Gasteiger charge is -2.07. The molecule has 0 aliphatic heterocycles. The van der Waals surface area contributed by atoms with Gasteiger partial charge in [-0.3, -0.25) is 0 Å². The van der Waals surface area contributed by atoms with E-state index in [0.29, 0.717) is 16.0 Å². The van der Waals surface area contributed by atoms with Crippen LogP contribution < -0.4 is 5.32 Å². The van der Waals surface area contributed by atoms with Crippen LogP contribution in [0.25, 0.3) is 5.65 Å². The molecule has 0 aliphatic rings. The van der Waals surface area contributed by atoms with Crippen molar-refractivity contribution in [3.05, 3.63) is 53.0 Å². The van der Waals surface area contributed by atoms with Crippen molar-refractivity contribution in [2.24, 2.45) is 0 Å². The first-order chi connectivity index (χ1) is 9.26. The maximum atomic E-state index is 8.89. The number of halogens is 1. The van der Waals surface area contributed by atoms with Crippen LogP contribution in [-0.4, -0.2) is 14.4 Å². The van der Waals surface area contributed by atoms with E-state index < -0.39 is 0 Å². The zero-order valence-corrected chi connectivity index (χ0v) is 11.3. The number of nitrogens with zero attached hydrogens (tertiary/aromatic N) is 4. The summed E-state index contributed by atoms with van der Waals surface area (Å²) in [5.41, 5.74) is 2.12. The Kier molecular flexibility index (Phi) is 2.89. The van der Waals surface area contributed by atoms with Crippen LogP contribution in [0.4, 0.5) is 11.5 Å². The molecule has 2 heterocycles. The van der Waals surface area contributed by atoms with Crippen LogP contribution in [-0.2, 0) is 0 Å². The van der Waals surface area contributed by atoms with Crippen molar-refractivity contribution in [2.45, 2.75) is 0 Å². The van der Waals surface area contributed by atoms with E-state index in [-0.39, 0.29) is 0 Å². The smallest absolute Gasteiger partial charge is 0.180 e. The number of hydrogen-bond donors (Lipinski definition) is 1. The van der Waals surface area contributed by atoms with Gasteiger partial charge in [0.15, 0.2) is 11.5 Å². The van der Waals surface area contributed by atoms with Crippen molar-refractivity contribution < 1.29 is 0 Å². The summed E-state index contributed by atoms with van der Waals surface area (Å²) in [6.45, 7) is 0. The van der Waals surface area contributed by atoms with E-state index in [1.165, 1.54) is 0 Å². The zero-order valence-electron chi connectivity index (χ0n) is 9.71. The third kappa shape index (κ3) is 2.28. The van der Waals surface area contributed by atoms with Gasteiger partial charge in [-0.1, -0.05) is 6.07 Å². The lowest BCUT2D eigenvalue weighted by atomic mass is 10.2. The van der Waals surface area contributed by atoms with E-state index in [4.69, 9.17) is 5.26 Å². The fourth-order valence-electron chi connectivity index (χ4n) is 1.79. The van der Waals surface area contributed by atoms with Crippen molar-refractivity contribution >= 4 is 33.1 Å². The molecule has 0 aliphatic carbocycles. The van der Waals surface area contributed by atoms with Crippen LogP contribution >= 0.6 is 15.9 Å². The van der Waals surface area contributed by atoms with Gasteiger partial charge < -0.3 is 9.72 Å². The standard InChI is InChI=1S/C13H8BrN5/c14-11-8-19-5-4-16-13(19)12(18-11)17-10-3-1-2-9(6-10)7-15/h1-6,8H,(H,17,18). The van der Waals surface area contributed by atoms with E-state index in [9.17, 15) is 0 Å². The molecule has 2 aromatic heterocycles. The van der Waals surface area contributed by atoms with Crippen LogP contribution in [0.2, 0.25) is 0 Å². The van der Waals surface area contributed by atoms with E-state index in [0.717, 1.165) is 11.3 Å². The van der Waals surface area contributed by atoms with Gasteiger partial charge in [-0.2, -0.15) is 5.26 Å². The number of imidazole rings is 1. The van der Waals surface area contributed by atoms with Crippen molar-refractivity contribution in [1.82, 2.24) is 14.4 Å². The molecule has 0 bridgehead atoms. The van der Waals surface area contributed by atoms with E-state index in [1.54, 1.807) is 18.3 Å². The maximum Gasteiger partial charge on any atom is 0.180 e. The third-order valence-corrected chi connectivity index (χ3v) is 2.98. The molecule has 3 aromatic rings. The second-order valence-corrected chi connectivity index (χ2v) is 4.70. The summed E-state index contributed by atoms with van der Waals surface area (Å²) in [6, 6.07) is 9.33. The number of nitrogens with one attached hydrogen (secondary N) is 1. The van der Waals surface area contributed by atoms with Crippen LogP contribution in [0.1, 0.15) is 5.56 Å². The Bertz CT molecular complexity index is 787. The molecule has 19 heavy (non-hydrogen) atoms. The summed E-state index contributed by atoms with van der Waals surface area (Å²) in [5, 5.41) is 12.1. The monoisotopic (exact) mass is 313 g/mol. The highest BCUT2D eigenvalue weighted by Crippen LogP contribution is 2.21. The third-order valence-electron chi connectivity index (χ3n) is 2.60. The zero-order chi connectivity index (χ0) is 13.2. The number of nitriles is 1. The second-order valence-electron chi connectivity index (χ2n) is 3.89. The van der Waals surface area contributed by atoms with Gasteiger partial charge in [0, 0.05) is 24.3 Å². The number of hydrogen-bond acceptors (Lipinski definition) is 4. The molecule has 0 saturated carbocycles. The Balaban J connectivity index is 2.05. The minimum absolute atomic E-state index is 0.597. The first-order valence-electron chi connectivity index (χ1n) is 5.52. The van der Waals surface area contributed by atoms with Gasteiger partial charge in [-0.05, 0) is 34.1 Å². The van der Waals surface area contributed by atoms with Gasteiger partial charge in [-0.15, -0.1) is 0 Å². The maximum absolute atomic E-state index is 8.89. The van der Waals surface area contributed by atoms with Gasteiger partial charge in [0.2, 0.25) is 0 Å². The Morgan fingerprint density at radius 3 is 3.11 bits per heavy atom. The van der Waals surface area contributed by atoms with Crippen molar-refractivity contribution in [3.63, 3.8) is 0 Å². The average Bonchev–Trinajstić information content (AvgIpc) is 2.87. The molecule has 0 spiro atoms. The summed E-state index contributed by atoms with van der Waals surface area (Å²) in [4.78, 5) is 8.61. The molecule has 1 aromatic carbocycles. The van der Waals surface area contributed by atoms with Gasteiger partial charge in [-0.25, -0.2) is 9.97 Å². The van der Waals surface area contributed by atoms with Gasteiger partial charge in [0.25, 0.3) is 0 Å². The molecule has 0 radical (unpaired) electrons. The summed E-state index contributed by atoms with van der Waals surface area (Å²) in [5.74, 6) is 0.634. The average molecular weight is 314 g/mol. The number of benzene rings is 1. The quantitative estimate of drug-likeness (QED) is 0.789. The normalized spacial score (nSPS) is 10.3. The number of aromatic nitrogens is 3. The molecule has 6 heteroatoms. The summed E-state index contributed by atoms with van der Waals surface area (Å²) in [6.07, 6.45) is 5.39. The van der Waals surface area contributed by atoms with Crippen LogP contribution in [0, 0.1) is 11.3 Å². The van der Waals surface area contributed by atoms with Crippen molar-refractivity contribution in [1.29, 1.82) is 5.26 Å². The Morgan fingerprint density at radius 2 is 2.26 bits per heavy atom. The molecule has 0 amide bonds. The van der Waals surface area contributed by atoms with E-state index >= 15 is 0 Å². The Labute approximate surface area is 117 Å². The van der Waals surface area contributed by atoms with E-state index in [1.807, 2.05) is 28.9 Å². The molecule has 5 nitrogen and oxygen atoms in total. The molecular formula is C13H8BrN5. The highest BCUT2D eigenvalue weighted by molar-refractivity contribution is 9.10. The highest BCUT2D eigenvalue weighted by atomic mass is 79.9. The fourth-order valence-corrected chi connectivity index (χ4v) is 2.19. The second kappa shape index (κ2) is 4.71. The van der Waals surface area contributed by atoms with Gasteiger partial charge in [0.1, 0.15) is 4.60 Å². The fraction of sp³-hybridized carbons (Fsp3) is 0. The first kappa shape index (κ1) is 11.7. The minimum Gasteiger partial charge on any atom is -0.337 e. The molecule has 92 valence electrons. The molecule has 0 unspecified atom stereocenters. The topological polar surface area (TPSA) is 66.0 Å². The minimum atomic E-state index is 0.597. The first-order valence-corrected chi connectivity index (χ1v) is 6.32. The predicted molar refractivity (Wildman–Crippen MR) is 75.1 cm³/mol.